The minimum atomic E-state index is -0.0305. The largest absolute Gasteiger partial charge is 0.399 e. The SMILES string of the molecule is Cc1cc(N)cc(C(=O)NCCCN2CCCCC2C)c1. The average molecular weight is 289 g/mol. The molecular formula is C17H27N3O. The Morgan fingerprint density at radius 3 is 2.90 bits per heavy atom. The van der Waals surface area contributed by atoms with Gasteiger partial charge < -0.3 is 16.0 Å². The fourth-order valence-electron chi connectivity index (χ4n) is 3.02. The summed E-state index contributed by atoms with van der Waals surface area (Å²) in [5.74, 6) is -0.0305. The van der Waals surface area contributed by atoms with Crippen LogP contribution in [0.25, 0.3) is 0 Å². The van der Waals surface area contributed by atoms with Crippen molar-refractivity contribution in [1.29, 1.82) is 0 Å². The molecule has 0 aromatic heterocycles. The highest BCUT2D eigenvalue weighted by molar-refractivity contribution is 5.95. The number of nitrogens with two attached hydrogens (primary N) is 1. The van der Waals surface area contributed by atoms with E-state index in [1.165, 1.54) is 25.8 Å². The number of piperidine rings is 1. The highest BCUT2D eigenvalue weighted by atomic mass is 16.1. The van der Waals surface area contributed by atoms with Gasteiger partial charge in [0.25, 0.3) is 5.91 Å². The van der Waals surface area contributed by atoms with E-state index >= 15 is 0 Å². The van der Waals surface area contributed by atoms with E-state index in [2.05, 4.69) is 17.1 Å². The lowest BCUT2D eigenvalue weighted by Gasteiger charge is -2.33. The summed E-state index contributed by atoms with van der Waals surface area (Å²) in [7, 11) is 0. The number of carbonyl (C=O) groups is 1. The maximum atomic E-state index is 12.1. The number of nitrogens with one attached hydrogen (secondary N) is 1. The van der Waals surface area contributed by atoms with Gasteiger partial charge in [-0.2, -0.15) is 0 Å². The summed E-state index contributed by atoms with van der Waals surface area (Å²) in [5.41, 5.74) is 8.09. The Balaban J connectivity index is 1.74. The normalized spacial score (nSPS) is 19.4. The topological polar surface area (TPSA) is 58.4 Å². The second-order valence-electron chi connectivity index (χ2n) is 6.12. The third-order valence-electron chi connectivity index (χ3n) is 4.21. The molecule has 0 aliphatic carbocycles. The van der Waals surface area contributed by atoms with E-state index in [-0.39, 0.29) is 5.91 Å². The van der Waals surface area contributed by atoms with Crippen LogP contribution in [0.4, 0.5) is 5.69 Å². The number of benzene rings is 1. The van der Waals surface area contributed by atoms with Gasteiger partial charge in [-0.15, -0.1) is 0 Å². The molecule has 21 heavy (non-hydrogen) atoms. The average Bonchev–Trinajstić information content (AvgIpc) is 2.44. The van der Waals surface area contributed by atoms with Crippen LogP contribution in [0.3, 0.4) is 0 Å². The summed E-state index contributed by atoms with van der Waals surface area (Å²) < 4.78 is 0. The van der Waals surface area contributed by atoms with Crippen molar-refractivity contribution in [3.63, 3.8) is 0 Å². The minimum Gasteiger partial charge on any atom is -0.399 e. The molecule has 0 radical (unpaired) electrons. The maximum absolute atomic E-state index is 12.1. The third-order valence-corrected chi connectivity index (χ3v) is 4.21. The monoisotopic (exact) mass is 289 g/mol. The Bertz CT molecular complexity index is 467. The molecule has 4 heteroatoms. The van der Waals surface area contributed by atoms with Crippen molar-refractivity contribution in [3.05, 3.63) is 29.3 Å². The number of amides is 1. The molecule has 1 heterocycles. The van der Waals surface area contributed by atoms with Crippen LogP contribution in [-0.2, 0) is 0 Å². The quantitative estimate of drug-likeness (QED) is 0.647. The number of rotatable bonds is 5. The number of carbonyl (C=O) groups excluding carboxylic acids is 1. The standard InChI is InChI=1S/C17H27N3O/c1-13-10-15(12-16(18)11-13)17(21)19-7-5-9-20-8-4-3-6-14(20)2/h10-12,14H,3-9,18H2,1-2H3,(H,19,21). The molecular weight excluding hydrogens is 262 g/mol. The van der Waals surface area contributed by atoms with E-state index in [0.29, 0.717) is 17.3 Å². The molecule has 1 saturated heterocycles. The molecule has 1 amide bonds. The Morgan fingerprint density at radius 2 is 2.19 bits per heavy atom. The van der Waals surface area contributed by atoms with Crippen molar-refractivity contribution in [2.45, 2.75) is 45.6 Å². The highest BCUT2D eigenvalue weighted by Gasteiger charge is 2.17. The Hall–Kier alpha value is -1.55. The first-order valence-electron chi connectivity index (χ1n) is 7.95. The molecule has 3 N–H and O–H groups in total. The molecule has 4 nitrogen and oxygen atoms in total. The van der Waals surface area contributed by atoms with Crippen LogP contribution in [0, 0.1) is 6.92 Å². The first kappa shape index (κ1) is 15.8. The van der Waals surface area contributed by atoms with Crippen molar-refractivity contribution in [3.8, 4) is 0 Å². The van der Waals surface area contributed by atoms with Gasteiger partial charge in [0.15, 0.2) is 0 Å². The van der Waals surface area contributed by atoms with Crippen molar-refractivity contribution in [2.75, 3.05) is 25.4 Å². The maximum Gasteiger partial charge on any atom is 0.251 e. The number of aryl methyl sites for hydroxylation is 1. The molecule has 0 spiro atoms. The molecule has 1 aromatic carbocycles. The number of anilines is 1. The van der Waals surface area contributed by atoms with E-state index in [1.54, 1.807) is 6.07 Å². The van der Waals surface area contributed by atoms with Gasteiger partial charge in [0.05, 0.1) is 0 Å². The molecule has 116 valence electrons. The van der Waals surface area contributed by atoms with Gasteiger partial charge in [0.2, 0.25) is 0 Å². The van der Waals surface area contributed by atoms with Gasteiger partial charge in [0, 0.05) is 30.4 Å². The van der Waals surface area contributed by atoms with E-state index in [1.807, 2.05) is 19.1 Å². The molecule has 1 atom stereocenters. The molecule has 2 rings (SSSR count). The molecule has 0 bridgehead atoms. The van der Waals surface area contributed by atoms with Crippen LogP contribution < -0.4 is 11.1 Å². The summed E-state index contributed by atoms with van der Waals surface area (Å²) >= 11 is 0. The molecule has 1 aliphatic heterocycles. The van der Waals surface area contributed by atoms with Gasteiger partial charge in [-0.05, 0) is 63.4 Å². The van der Waals surface area contributed by atoms with Gasteiger partial charge in [-0.1, -0.05) is 6.42 Å². The Labute approximate surface area is 127 Å². The van der Waals surface area contributed by atoms with Gasteiger partial charge in [-0.3, -0.25) is 4.79 Å². The van der Waals surface area contributed by atoms with Crippen LogP contribution >= 0.6 is 0 Å². The highest BCUT2D eigenvalue weighted by Crippen LogP contribution is 2.16. The number of hydrogen-bond acceptors (Lipinski definition) is 3. The lowest BCUT2D eigenvalue weighted by atomic mass is 10.0. The molecule has 1 unspecified atom stereocenters. The number of likely N-dealkylation sites (tertiary alicyclic amines) is 1. The molecule has 1 fully saturated rings. The number of hydrogen-bond donors (Lipinski definition) is 2. The van der Waals surface area contributed by atoms with E-state index in [4.69, 9.17) is 5.73 Å². The van der Waals surface area contributed by atoms with Crippen LogP contribution in [0.15, 0.2) is 18.2 Å². The van der Waals surface area contributed by atoms with Crippen molar-refractivity contribution < 1.29 is 4.79 Å². The minimum absolute atomic E-state index is 0.0305. The van der Waals surface area contributed by atoms with E-state index in [0.717, 1.165) is 25.1 Å². The summed E-state index contributed by atoms with van der Waals surface area (Å²) in [6.07, 6.45) is 4.95. The smallest absolute Gasteiger partial charge is 0.251 e. The number of nitrogen functional groups attached to an aromatic ring is 1. The fourth-order valence-corrected chi connectivity index (χ4v) is 3.02. The zero-order valence-corrected chi connectivity index (χ0v) is 13.2. The second-order valence-corrected chi connectivity index (χ2v) is 6.12. The summed E-state index contributed by atoms with van der Waals surface area (Å²) in [6.45, 7) is 7.23. The summed E-state index contributed by atoms with van der Waals surface area (Å²) in [4.78, 5) is 14.6. The summed E-state index contributed by atoms with van der Waals surface area (Å²) in [5, 5.41) is 2.99. The zero-order chi connectivity index (χ0) is 15.2. The van der Waals surface area contributed by atoms with E-state index < -0.39 is 0 Å². The molecule has 1 aliphatic rings. The van der Waals surface area contributed by atoms with Crippen LogP contribution in [0.5, 0.6) is 0 Å². The van der Waals surface area contributed by atoms with Crippen molar-refractivity contribution >= 4 is 11.6 Å². The molecule has 0 saturated carbocycles. The van der Waals surface area contributed by atoms with Gasteiger partial charge in [0.1, 0.15) is 0 Å². The molecule has 1 aromatic rings. The van der Waals surface area contributed by atoms with Crippen LogP contribution in [0.2, 0.25) is 0 Å². The fraction of sp³-hybridized carbons (Fsp3) is 0.588. The first-order chi connectivity index (χ1) is 10.1. The second kappa shape index (κ2) is 7.46. The zero-order valence-electron chi connectivity index (χ0n) is 13.2. The summed E-state index contributed by atoms with van der Waals surface area (Å²) in [6, 6.07) is 6.16. The number of nitrogens with zero attached hydrogens (tertiary/aromatic N) is 1. The predicted molar refractivity (Wildman–Crippen MR) is 87.4 cm³/mol. The Morgan fingerprint density at radius 1 is 1.38 bits per heavy atom. The van der Waals surface area contributed by atoms with Gasteiger partial charge in [-0.25, -0.2) is 0 Å². The van der Waals surface area contributed by atoms with Gasteiger partial charge >= 0.3 is 0 Å². The van der Waals surface area contributed by atoms with Crippen molar-refractivity contribution in [1.82, 2.24) is 10.2 Å². The van der Waals surface area contributed by atoms with Crippen molar-refractivity contribution in [2.24, 2.45) is 0 Å². The lowest BCUT2D eigenvalue weighted by Crippen LogP contribution is -2.39. The van der Waals surface area contributed by atoms with Crippen LogP contribution in [-0.4, -0.2) is 36.5 Å². The lowest BCUT2D eigenvalue weighted by molar-refractivity contribution is 0.0949. The third kappa shape index (κ3) is 4.74. The first-order valence-corrected chi connectivity index (χ1v) is 7.95. The predicted octanol–water partition coefficient (Wildman–Crippen LogP) is 2.57. The Kier molecular flexibility index (Phi) is 5.62. The van der Waals surface area contributed by atoms with Crippen LogP contribution in [0.1, 0.15) is 48.5 Å². The van der Waals surface area contributed by atoms with E-state index in [9.17, 15) is 4.79 Å².